The zero-order valence-corrected chi connectivity index (χ0v) is 19.6. The molecule has 1 N–H and O–H groups in total. The molecule has 5 aromatic carbocycles. The van der Waals surface area contributed by atoms with Gasteiger partial charge in [-0.25, -0.2) is 0 Å². The summed E-state index contributed by atoms with van der Waals surface area (Å²) in [7, 11) is 0. The first kappa shape index (κ1) is 21.9. The van der Waals surface area contributed by atoms with E-state index in [9.17, 15) is 4.79 Å². The molecule has 176 valence electrons. The Bertz CT molecular complexity index is 1520. The van der Waals surface area contributed by atoms with Crippen LogP contribution in [0.4, 0.5) is 5.69 Å². The topological polar surface area (TPSA) is 47.6 Å². The molecule has 0 spiro atoms. The van der Waals surface area contributed by atoms with E-state index in [-0.39, 0.29) is 18.6 Å². The summed E-state index contributed by atoms with van der Waals surface area (Å²) in [5.74, 6) is 0.990. The fraction of sp³-hybridized carbons (Fsp3) is 0.0938. The van der Waals surface area contributed by atoms with Crippen LogP contribution in [0.15, 0.2) is 121 Å². The van der Waals surface area contributed by atoms with Crippen molar-refractivity contribution in [3.63, 3.8) is 0 Å². The molecule has 0 fully saturated rings. The largest absolute Gasteiger partial charge is 0.454 e. The molecular weight excluding hydrogens is 446 g/mol. The number of hydrogen-bond acceptors (Lipinski definition) is 4. The molecule has 4 nitrogen and oxygen atoms in total. The third kappa shape index (κ3) is 4.29. The number of fused-ring (bicyclic) bond motifs is 2. The number of nitrogens with one attached hydrogen (secondary N) is 1. The lowest BCUT2D eigenvalue weighted by Crippen LogP contribution is -2.26. The maximum absolute atomic E-state index is 14.1. The first-order valence-electron chi connectivity index (χ1n) is 12.1. The second kappa shape index (κ2) is 9.59. The van der Waals surface area contributed by atoms with Crippen molar-refractivity contribution in [3.05, 3.63) is 138 Å². The van der Waals surface area contributed by atoms with Crippen LogP contribution in [0.25, 0.3) is 10.8 Å². The number of benzene rings is 5. The quantitative estimate of drug-likeness (QED) is 0.251. The zero-order valence-electron chi connectivity index (χ0n) is 19.6. The van der Waals surface area contributed by atoms with E-state index in [2.05, 4.69) is 35.6 Å². The average Bonchev–Trinajstić information content (AvgIpc) is 3.42. The van der Waals surface area contributed by atoms with E-state index >= 15 is 0 Å². The second-order valence-electron chi connectivity index (χ2n) is 8.92. The summed E-state index contributed by atoms with van der Waals surface area (Å²) in [4.78, 5) is 14.1. The molecule has 4 heteroatoms. The van der Waals surface area contributed by atoms with Gasteiger partial charge in [-0.3, -0.25) is 4.79 Å². The monoisotopic (exact) mass is 471 g/mol. The molecule has 1 heterocycles. The number of rotatable bonds is 7. The molecule has 0 radical (unpaired) electrons. The number of ketones is 1. The molecular formula is C32H25NO3. The molecule has 5 aromatic rings. The summed E-state index contributed by atoms with van der Waals surface area (Å²) in [6, 6.07) is 39.6. The highest BCUT2D eigenvalue weighted by Gasteiger charge is 2.33. The van der Waals surface area contributed by atoms with Crippen LogP contribution in [-0.4, -0.2) is 12.6 Å². The molecule has 2 unspecified atom stereocenters. The normalized spacial score (nSPS) is 13.8. The summed E-state index contributed by atoms with van der Waals surface area (Å²) >= 11 is 0. The maximum atomic E-state index is 14.1. The molecule has 2 atom stereocenters. The Morgan fingerprint density at radius 3 is 2.14 bits per heavy atom. The number of carbonyl (C=O) groups is 1. The first-order chi connectivity index (χ1) is 17.8. The van der Waals surface area contributed by atoms with Gasteiger partial charge in [0.1, 0.15) is 0 Å². The molecule has 0 aromatic heterocycles. The van der Waals surface area contributed by atoms with Crippen LogP contribution >= 0.6 is 0 Å². The SMILES string of the molecule is O=C(c1ccccc1)C(c1ccccc1)C(Nc1ccc2ccccc2c1)c1ccc2c(c1)OCO2. The molecule has 6 rings (SSSR count). The van der Waals surface area contributed by atoms with Gasteiger partial charge in [0.05, 0.1) is 12.0 Å². The fourth-order valence-electron chi connectivity index (χ4n) is 4.86. The standard InChI is InChI=1S/C32H25NO3/c34-32(24-12-5-2-6-13-24)30(23-10-3-1-4-11-23)31(26-16-18-28-29(20-26)36-21-35-28)33-27-17-15-22-9-7-8-14-25(22)19-27/h1-20,30-31,33H,21H2. The van der Waals surface area contributed by atoms with Gasteiger partial charge < -0.3 is 14.8 Å². The maximum Gasteiger partial charge on any atom is 0.231 e. The van der Waals surface area contributed by atoms with Gasteiger partial charge >= 0.3 is 0 Å². The van der Waals surface area contributed by atoms with E-state index in [1.807, 2.05) is 91.0 Å². The number of Topliss-reactive ketones (excluding diaryl/α,β-unsaturated/α-hetero) is 1. The van der Waals surface area contributed by atoms with E-state index in [4.69, 9.17) is 9.47 Å². The van der Waals surface area contributed by atoms with Gasteiger partial charge in [-0.15, -0.1) is 0 Å². The lowest BCUT2D eigenvalue weighted by molar-refractivity contribution is 0.0950. The smallest absolute Gasteiger partial charge is 0.231 e. The summed E-state index contributed by atoms with van der Waals surface area (Å²) in [5.41, 5.74) is 3.52. The van der Waals surface area contributed by atoms with Crippen molar-refractivity contribution in [2.75, 3.05) is 12.1 Å². The van der Waals surface area contributed by atoms with Crippen LogP contribution in [0.2, 0.25) is 0 Å². The second-order valence-corrected chi connectivity index (χ2v) is 8.92. The van der Waals surface area contributed by atoms with Crippen LogP contribution in [0.5, 0.6) is 11.5 Å². The Labute approximate surface area is 210 Å². The fourth-order valence-corrected chi connectivity index (χ4v) is 4.86. The Balaban J connectivity index is 1.49. The van der Waals surface area contributed by atoms with E-state index < -0.39 is 5.92 Å². The number of hydrogen-bond donors (Lipinski definition) is 1. The summed E-state index contributed by atoms with van der Waals surface area (Å²) in [5, 5.41) is 6.02. The predicted octanol–water partition coefficient (Wildman–Crippen LogP) is 7.39. The molecule has 0 saturated carbocycles. The minimum atomic E-state index is -0.472. The third-order valence-corrected chi connectivity index (χ3v) is 6.66. The highest BCUT2D eigenvalue weighted by Crippen LogP contribution is 2.41. The van der Waals surface area contributed by atoms with Crippen LogP contribution in [0.3, 0.4) is 0 Å². The molecule has 0 saturated heterocycles. The summed E-state index contributed by atoms with van der Waals surface area (Å²) < 4.78 is 11.2. The zero-order chi connectivity index (χ0) is 24.3. The average molecular weight is 472 g/mol. The first-order valence-corrected chi connectivity index (χ1v) is 12.1. The molecule has 0 amide bonds. The van der Waals surface area contributed by atoms with Crippen LogP contribution in [0, 0.1) is 0 Å². The van der Waals surface area contributed by atoms with Gasteiger partial charge in [0, 0.05) is 11.3 Å². The van der Waals surface area contributed by atoms with Crippen molar-refractivity contribution in [3.8, 4) is 11.5 Å². The third-order valence-electron chi connectivity index (χ3n) is 6.66. The van der Waals surface area contributed by atoms with Crippen molar-refractivity contribution in [2.24, 2.45) is 0 Å². The van der Waals surface area contributed by atoms with Crippen LogP contribution < -0.4 is 14.8 Å². The summed E-state index contributed by atoms with van der Waals surface area (Å²) in [6.07, 6.45) is 0. The molecule has 36 heavy (non-hydrogen) atoms. The van der Waals surface area contributed by atoms with Crippen molar-refractivity contribution in [1.82, 2.24) is 0 Å². The Hall–Kier alpha value is -4.57. The lowest BCUT2D eigenvalue weighted by Gasteiger charge is -2.29. The van der Waals surface area contributed by atoms with Gasteiger partial charge in [0.25, 0.3) is 0 Å². The predicted molar refractivity (Wildman–Crippen MR) is 143 cm³/mol. The molecule has 0 aliphatic carbocycles. The number of ether oxygens (including phenoxy) is 2. The number of carbonyl (C=O) groups excluding carboxylic acids is 1. The Morgan fingerprint density at radius 1 is 0.639 bits per heavy atom. The van der Waals surface area contributed by atoms with Gasteiger partial charge in [-0.05, 0) is 46.2 Å². The summed E-state index contributed by atoms with van der Waals surface area (Å²) in [6.45, 7) is 0.201. The van der Waals surface area contributed by atoms with Gasteiger partial charge in [-0.2, -0.15) is 0 Å². The molecule has 1 aliphatic rings. The van der Waals surface area contributed by atoms with E-state index in [1.54, 1.807) is 0 Å². The van der Waals surface area contributed by atoms with E-state index in [1.165, 1.54) is 5.39 Å². The van der Waals surface area contributed by atoms with Crippen molar-refractivity contribution in [1.29, 1.82) is 0 Å². The number of anilines is 1. The Morgan fingerprint density at radius 2 is 1.33 bits per heavy atom. The van der Waals surface area contributed by atoms with E-state index in [0.29, 0.717) is 17.1 Å². The van der Waals surface area contributed by atoms with Crippen molar-refractivity contribution < 1.29 is 14.3 Å². The Kier molecular flexibility index (Phi) is 5.84. The van der Waals surface area contributed by atoms with E-state index in [0.717, 1.165) is 22.2 Å². The van der Waals surface area contributed by atoms with Gasteiger partial charge in [0.2, 0.25) is 6.79 Å². The minimum Gasteiger partial charge on any atom is -0.454 e. The highest BCUT2D eigenvalue weighted by atomic mass is 16.7. The van der Waals surface area contributed by atoms with Gasteiger partial charge in [0.15, 0.2) is 17.3 Å². The minimum absolute atomic E-state index is 0.0535. The van der Waals surface area contributed by atoms with Crippen LogP contribution in [-0.2, 0) is 0 Å². The lowest BCUT2D eigenvalue weighted by atomic mass is 9.81. The molecule has 0 bridgehead atoms. The van der Waals surface area contributed by atoms with Crippen molar-refractivity contribution in [2.45, 2.75) is 12.0 Å². The van der Waals surface area contributed by atoms with Crippen molar-refractivity contribution >= 4 is 22.2 Å². The molecule has 1 aliphatic heterocycles. The van der Waals surface area contributed by atoms with Gasteiger partial charge in [-0.1, -0.05) is 97.1 Å². The van der Waals surface area contributed by atoms with Crippen LogP contribution in [0.1, 0.15) is 33.4 Å². The highest BCUT2D eigenvalue weighted by molar-refractivity contribution is 6.02.